The molecule has 0 unspecified atom stereocenters. The predicted octanol–water partition coefficient (Wildman–Crippen LogP) is 15.9. The Morgan fingerprint density at radius 1 is 0.328 bits per heavy atom. The second kappa shape index (κ2) is 13.0. The van der Waals surface area contributed by atoms with Crippen LogP contribution in [0.1, 0.15) is 22.3 Å². The Kier molecular flexibility index (Phi) is 7.26. The van der Waals surface area contributed by atoms with Crippen LogP contribution >= 0.6 is 0 Å². The molecular formula is C59H37NO. The number of para-hydroxylation sites is 2. The Hall–Kier alpha value is -7.94. The molecule has 1 spiro atoms. The molecule has 2 heteroatoms. The van der Waals surface area contributed by atoms with E-state index in [1.165, 1.54) is 72.0 Å². The maximum Gasteiger partial charge on any atom is 0.159 e. The fraction of sp³-hybridized carbons (Fsp3) is 0.0169. The molecule has 0 aliphatic heterocycles. The Morgan fingerprint density at radius 2 is 0.869 bits per heavy atom. The van der Waals surface area contributed by atoms with Crippen molar-refractivity contribution in [2.45, 2.75) is 5.41 Å². The molecule has 284 valence electrons. The highest BCUT2D eigenvalue weighted by Gasteiger charge is 2.52. The summed E-state index contributed by atoms with van der Waals surface area (Å²) in [5, 5.41) is 4.61. The van der Waals surface area contributed by atoms with Gasteiger partial charge in [0.15, 0.2) is 5.58 Å². The van der Waals surface area contributed by atoms with Crippen molar-refractivity contribution in [3.63, 3.8) is 0 Å². The molecule has 0 N–H and O–H groups in total. The third kappa shape index (κ3) is 4.73. The van der Waals surface area contributed by atoms with Crippen molar-refractivity contribution in [2.75, 3.05) is 4.90 Å². The monoisotopic (exact) mass is 775 g/mol. The Labute approximate surface area is 354 Å². The van der Waals surface area contributed by atoms with Crippen LogP contribution in [-0.4, -0.2) is 0 Å². The van der Waals surface area contributed by atoms with E-state index < -0.39 is 5.41 Å². The first-order chi connectivity index (χ1) is 30.3. The van der Waals surface area contributed by atoms with E-state index >= 15 is 0 Å². The van der Waals surface area contributed by atoms with E-state index in [4.69, 9.17) is 4.42 Å². The van der Waals surface area contributed by atoms with Gasteiger partial charge < -0.3 is 9.32 Å². The lowest BCUT2D eigenvalue weighted by atomic mass is 9.70. The quantitative estimate of drug-likeness (QED) is 0.173. The highest BCUT2D eigenvalue weighted by molar-refractivity contribution is 6.13. The Bertz CT molecular complexity index is 3510. The van der Waals surface area contributed by atoms with Gasteiger partial charge in [0.25, 0.3) is 0 Å². The molecule has 0 amide bonds. The van der Waals surface area contributed by atoms with Crippen molar-refractivity contribution in [1.82, 2.24) is 0 Å². The van der Waals surface area contributed by atoms with Crippen molar-refractivity contribution in [3.8, 4) is 44.5 Å². The van der Waals surface area contributed by atoms with Crippen LogP contribution in [0.3, 0.4) is 0 Å². The molecule has 1 heterocycles. The van der Waals surface area contributed by atoms with E-state index in [0.717, 1.165) is 44.6 Å². The molecular weight excluding hydrogens is 739 g/mol. The summed E-state index contributed by atoms with van der Waals surface area (Å²) in [5.74, 6) is 0. The summed E-state index contributed by atoms with van der Waals surface area (Å²) < 4.78 is 7.05. The fourth-order valence-electron chi connectivity index (χ4n) is 10.8. The zero-order chi connectivity index (χ0) is 40.1. The van der Waals surface area contributed by atoms with Gasteiger partial charge in [0.05, 0.1) is 22.5 Å². The van der Waals surface area contributed by atoms with Gasteiger partial charge in [-0.2, -0.15) is 0 Å². The average molecular weight is 776 g/mol. The minimum Gasteiger partial charge on any atom is -0.454 e. The molecule has 0 bridgehead atoms. The highest BCUT2D eigenvalue weighted by Crippen LogP contribution is 2.65. The van der Waals surface area contributed by atoms with Gasteiger partial charge in [0.2, 0.25) is 0 Å². The van der Waals surface area contributed by atoms with Gasteiger partial charge >= 0.3 is 0 Å². The molecule has 0 fully saturated rings. The van der Waals surface area contributed by atoms with Crippen LogP contribution in [-0.2, 0) is 5.41 Å². The zero-order valence-corrected chi connectivity index (χ0v) is 33.2. The van der Waals surface area contributed by atoms with Crippen LogP contribution in [0, 0.1) is 0 Å². The second-order valence-electron chi connectivity index (χ2n) is 16.3. The van der Waals surface area contributed by atoms with Gasteiger partial charge in [-0.1, -0.05) is 194 Å². The molecule has 2 aliphatic rings. The number of rotatable bonds is 5. The predicted molar refractivity (Wildman–Crippen MR) is 253 cm³/mol. The van der Waals surface area contributed by atoms with Crippen molar-refractivity contribution < 1.29 is 4.42 Å². The van der Waals surface area contributed by atoms with Gasteiger partial charge in [0, 0.05) is 21.9 Å². The number of benzene rings is 10. The van der Waals surface area contributed by atoms with Gasteiger partial charge in [-0.3, -0.25) is 0 Å². The molecule has 11 aromatic rings. The van der Waals surface area contributed by atoms with Crippen LogP contribution in [0.15, 0.2) is 229 Å². The number of furan rings is 1. The molecule has 0 saturated heterocycles. The standard InChI is InChI=1S/C59H37NO/c1-2-17-38(18-3-1)40-35-36-56-48(37-40)46-27-15-34-55(58(46)61-56)60(53-32-13-9-24-45(53)42-26-14-20-39-19-4-5-21-41(39)42)54-33-16-31-52-57(54)47-25-8-12-30-51(47)59(52)49-28-10-6-22-43(49)44-23-7-11-29-50(44)59/h1-37H. The summed E-state index contributed by atoms with van der Waals surface area (Å²) in [4.78, 5) is 2.49. The normalized spacial score (nSPS) is 13.0. The van der Waals surface area contributed by atoms with Crippen LogP contribution < -0.4 is 4.90 Å². The fourth-order valence-corrected chi connectivity index (χ4v) is 10.8. The minimum absolute atomic E-state index is 0.477. The summed E-state index contributed by atoms with van der Waals surface area (Å²) in [7, 11) is 0. The lowest BCUT2D eigenvalue weighted by Gasteiger charge is -2.32. The smallest absolute Gasteiger partial charge is 0.159 e. The number of anilines is 3. The van der Waals surface area contributed by atoms with Crippen molar-refractivity contribution in [3.05, 3.63) is 247 Å². The molecule has 1 aromatic heterocycles. The molecule has 61 heavy (non-hydrogen) atoms. The van der Waals surface area contributed by atoms with E-state index in [1.807, 2.05) is 0 Å². The van der Waals surface area contributed by atoms with Crippen LogP contribution in [0.25, 0.3) is 77.2 Å². The largest absolute Gasteiger partial charge is 0.454 e. The van der Waals surface area contributed by atoms with E-state index in [2.05, 4.69) is 229 Å². The van der Waals surface area contributed by atoms with Crippen LogP contribution in [0.5, 0.6) is 0 Å². The number of fused-ring (bicyclic) bond motifs is 14. The third-order valence-corrected chi connectivity index (χ3v) is 13.3. The Balaban J connectivity index is 1.14. The molecule has 0 saturated carbocycles. The van der Waals surface area contributed by atoms with E-state index in [-0.39, 0.29) is 0 Å². The number of nitrogens with zero attached hydrogens (tertiary/aromatic N) is 1. The van der Waals surface area contributed by atoms with Crippen molar-refractivity contribution in [1.29, 1.82) is 0 Å². The van der Waals surface area contributed by atoms with Gasteiger partial charge in [-0.05, 0) is 96.7 Å². The van der Waals surface area contributed by atoms with E-state index in [9.17, 15) is 0 Å². The summed E-state index contributed by atoms with van der Waals surface area (Å²) in [6.45, 7) is 0. The molecule has 0 atom stereocenters. The first-order valence-electron chi connectivity index (χ1n) is 21.1. The first kappa shape index (κ1) is 34.0. The molecule has 2 aliphatic carbocycles. The third-order valence-electron chi connectivity index (χ3n) is 13.3. The van der Waals surface area contributed by atoms with Crippen molar-refractivity contribution >= 4 is 49.8 Å². The Morgan fingerprint density at radius 3 is 1.67 bits per heavy atom. The van der Waals surface area contributed by atoms with E-state index in [1.54, 1.807) is 0 Å². The van der Waals surface area contributed by atoms with E-state index in [0.29, 0.717) is 0 Å². The summed E-state index contributed by atoms with van der Waals surface area (Å²) in [6, 6.07) is 82.2. The maximum atomic E-state index is 7.05. The maximum absolute atomic E-state index is 7.05. The SMILES string of the molecule is c1ccc(-c2ccc3oc4c(N(c5ccccc5-c5cccc6ccccc56)c5cccc6c5-c5ccccc5C65c6ccccc6-c6ccccc65)cccc4c3c2)cc1. The second-order valence-corrected chi connectivity index (χ2v) is 16.3. The van der Waals surface area contributed by atoms with Gasteiger partial charge in [-0.25, -0.2) is 0 Å². The first-order valence-corrected chi connectivity index (χ1v) is 21.1. The minimum atomic E-state index is -0.477. The average Bonchev–Trinajstić information content (AvgIpc) is 3.97. The summed E-state index contributed by atoms with van der Waals surface area (Å²) in [6.07, 6.45) is 0. The number of hydrogen-bond acceptors (Lipinski definition) is 2. The lowest BCUT2D eigenvalue weighted by molar-refractivity contribution is 0.669. The molecule has 10 aromatic carbocycles. The van der Waals surface area contributed by atoms with Crippen LogP contribution in [0.4, 0.5) is 17.1 Å². The summed E-state index contributed by atoms with van der Waals surface area (Å²) in [5.41, 5.74) is 19.4. The molecule has 0 radical (unpaired) electrons. The lowest BCUT2D eigenvalue weighted by Crippen LogP contribution is -2.26. The highest BCUT2D eigenvalue weighted by atomic mass is 16.3. The number of hydrogen-bond donors (Lipinski definition) is 0. The molecule has 13 rings (SSSR count). The van der Waals surface area contributed by atoms with Crippen LogP contribution in [0.2, 0.25) is 0 Å². The molecule has 2 nitrogen and oxygen atoms in total. The zero-order valence-electron chi connectivity index (χ0n) is 33.2. The summed E-state index contributed by atoms with van der Waals surface area (Å²) >= 11 is 0. The van der Waals surface area contributed by atoms with Gasteiger partial charge in [-0.15, -0.1) is 0 Å². The topological polar surface area (TPSA) is 16.4 Å². The van der Waals surface area contributed by atoms with Gasteiger partial charge in [0.1, 0.15) is 5.58 Å². The van der Waals surface area contributed by atoms with Crippen molar-refractivity contribution in [2.24, 2.45) is 0 Å².